The largest absolute Gasteiger partial charge is 0.487 e. The molecule has 7 nitrogen and oxygen atoms in total. The van der Waals surface area contributed by atoms with E-state index in [1.807, 2.05) is 0 Å². The molecule has 4 atom stereocenters. The summed E-state index contributed by atoms with van der Waals surface area (Å²) in [4.78, 5) is 26.2. The molecule has 1 aliphatic heterocycles. The Hall–Kier alpha value is -2.71. The zero-order valence-electron chi connectivity index (χ0n) is 16.5. The lowest BCUT2D eigenvalue weighted by Gasteiger charge is -2.37. The SMILES string of the molecule is O=C(O)c1ccc(=O)n([C@@H]2C[C@@H](Oc3cccc(F)c3)[C@H](O)[C@H]2N2CCCCC2)c1. The maximum absolute atomic E-state index is 13.6. The van der Waals surface area contributed by atoms with Crippen molar-refractivity contribution in [3.05, 3.63) is 64.3 Å². The van der Waals surface area contributed by atoms with Crippen molar-refractivity contribution in [2.24, 2.45) is 0 Å². The first-order chi connectivity index (χ1) is 14.4. The van der Waals surface area contributed by atoms with Gasteiger partial charge in [0.25, 0.3) is 5.56 Å². The Labute approximate surface area is 173 Å². The number of aromatic nitrogens is 1. The van der Waals surface area contributed by atoms with Crippen LogP contribution < -0.4 is 10.3 Å². The number of ether oxygens (including phenoxy) is 1. The highest BCUT2D eigenvalue weighted by molar-refractivity contribution is 5.87. The van der Waals surface area contributed by atoms with Gasteiger partial charge in [0.2, 0.25) is 0 Å². The van der Waals surface area contributed by atoms with E-state index in [4.69, 9.17) is 4.74 Å². The second-order valence-electron chi connectivity index (χ2n) is 7.96. The van der Waals surface area contributed by atoms with Crippen LogP contribution >= 0.6 is 0 Å². The molecule has 2 fully saturated rings. The van der Waals surface area contributed by atoms with E-state index in [0.717, 1.165) is 32.4 Å². The van der Waals surface area contributed by atoms with Crippen LogP contribution in [0.5, 0.6) is 5.75 Å². The van der Waals surface area contributed by atoms with Gasteiger partial charge in [-0.25, -0.2) is 9.18 Å². The summed E-state index contributed by atoms with van der Waals surface area (Å²) in [6.07, 6.45) is 3.19. The fraction of sp³-hybridized carbons (Fsp3) is 0.455. The molecular weight excluding hydrogens is 391 g/mol. The third-order valence-corrected chi connectivity index (χ3v) is 6.04. The van der Waals surface area contributed by atoms with Crippen molar-refractivity contribution in [3.63, 3.8) is 0 Å². The molecule has 30 heavy (non-hydrogen) atoms. The molecule has 1 aromatic carbocycles. The summed E-state index contributed by atoms with van der Waals surface area (Å²) >= 11 is 0. The molecule has 4 rings (SSSR count). The fourth-order valence-electron chi connectivity index (χ4n) is 4.64. The number of carboxylic acids is 1. The molecule has 160 valence electrons. The quantitative estimate of drug-likeness (QED) is 0.777. The first-order valence-electron chi connectivity index (χ1n) is 10.2. The predicted octanol–water partition coefficient (Wildman–Crippen LogP) is 2.29. The van der Waals surface area contributed by atoms with Crippen LogP contribution in [-0.2, 0) is 0 Å². The van der Waals surface area contributed by atoms with Gasteiger partial charge in [-0.3, -0.25) is 9.69 Å². The normalized spacial score (nSPS) is 27.1. The van der Waals surface area contributed by atoms with E-state index in [0.29, 0.717) is 12.2 Å². The maximum Gasteiger partial charge on any atom is 0.337 e. The smallest absolute Gasteiger partial charge is 0.337 e. The van der Waals surface area contributed by atoms with Crippen LogP contribution in [0.2, 0.25) is 0 Å². The molecule has 0 radical (unpaired) electrons. The van der Waals surface area contributed by atoms with Crippen molar-refractivity contribution >= 4 is 5.97 Å². The summed E-state index contributed by atoms with van der Waals surface area (Å²) in [6, 6.07) is 7.39. The number of hydrogen-bond acceptors (Lipinski definition) is 5. The van der Waals surface area contributed by atoms with Gasteiger partial charge in [0.15, 0.2) is 0 Å². The minimum absolute atomic E-state index is 0.0102. The monoisotopic (exact) mass is 416 g/mol. The van der Waals surface area contributed by atoms with Gasteiger partial charge in [0, 0.05) is 24.8 Å². The predicted molar refractivity (Wildman–Crippen MR) is 107 cm³/mol. The summed E-state index contributed by atoms with van der Waals surface area (Å²) in [6.45, 7) is 1.58. The van der Waals surface area contributed by atoms with E-state index in [-0.39, 0.29) is 11.1 Å². The van der Waals surface area contributed by atoms with Crippen molar-refractivity contribution in [2.75, 3.05) is 13.1 Å². The van der Waals surface area contributed by atoms with Crippen LogP contribution in [0.1, 0.15) is 42.1 Å². The zero-order chi connectivity index (χ0) is 21.3. The number of benzene rings is 1. The zero-order valence-corrected chi connectivity index (χ0v) is 16.5. The molecule has 1 saturated heterocycles. The number of aliphatic hydroxyl groups excluding tert-OH is 1. The Morgan fingerprint density at radius 2 is 1.90 bits per heavy atom. The number of nitrogens with zero attached hydrogens (tertiary/aromatic N) is 2. The lowest BCUT2D eigenvalue weighted by atomic mass is 10.0. The van der Waals surface area contributed by atoms with E-state index >= 15 is 0 Å². The number of pyridine rings is 1. The number of carbonyl (C=O) groups is 1. The average molecular weight is 416 g/mol. The summed E-state index contributed by atoms with van der Waals surface area (Å²) in [5.41, 5.74) is -0.318. The van der Waals surface area contributed by atoms with Gasteiger partial charge < -0.3 is 19.5 Å². The van der Waals surface area contributed by atoms with Gasteiger partial charge >= 0.3 is 5.97 Å². The van der Waals surface area contributed by atoms with Gasteiger partial charge in [0.1, 0.15) is 23.8 Å². The van der Waals surface area contributed by atoms with E-state index in [9.17, 15) is 24.2 Å². The van der Waals surface area contributed by atoms with Gasteiger partial charge in [-0.15, -0.1) is 0 Å². The number of aliphatic hydroxyl groups is 1. The number of rotatable bonds is 5. The molecule has 2 heterocycles. The summed E-state index contributed by atoms with van der Waals surface area (Å²) in [5.74, 6) is -1.25. The van der Waals surface area contributed by atoms with Gasteiger partial charge in [-0.2, -0.15) is 0 Å². The van der Waals surface area contributed by atoms with Crippen molar-refractivity contribution in [3.8, 4) is 5.75 Å². The van der Waals surface area contributed by atoms with Crippen LogP contribution in [0.4, 0.5) is 4.39 Å². The second kappa shape index (κ2) is 8.57. The molecule has 8 heteroatoms. The summed E-state index contributed by atoms with van der Waals surface area (Å²) < 4.78 is 20.9. The number of carboxylic acid groups (broad SMARTS) is 1. The van der Waals surface area contributed by atoms with E-state index in [1.54, 1.807) is 6.07 Å². The molecule has 2 aliphatic rings. The summed E-state index contributed by atoms with van der Waals surface area (Å²) in [5, 5.41) is 20.5. The topological polar surface area (TPSA) is 92.0 Å². The second-order valence-corrected chi connectivity index (χ2v) is 7.96. The Morgan fingerprint density at radius 1 is 1.13 bits per heavy atom. The highest BCUT2D eigenvalue weighted by Crippen LogP contribution is 2.37. The van der Waals surface area contributed by atoms with Crippen LogP contribution in [0.15, 0.2) is 47.4 Å². The number of hydrogen-bond donors (Lipinski definition) is 2. The Balaban J connectivity index is 1.68. The fourth-order valence-corrected chi connectivity index (χ4v) is 4.64. The number of halogens is 1. The molecule has 2 N–H and O–H groups in total. The third-order valence-electron chi connectivity index (χ3n) is 6.04. The molecular formula is C22H25FN2O5. The van der Waals surface area contributed by atoms with Crippen molar-refractivity contribution in [1.82, 2.24) is 9.47 Å². The molecule has 0 spiro atoms. The molecule has 1 aromatic heterocycles. The molecule has 2 aromatic rings. The Bertz CT molecular complexity index is 972. The van der Waals surface area contributed by atoms with Gasteiger partial charge in [-0.1, -0.05) is 12.5 Å². The Kier molecular flexibility index (Phi) is 5.87. The average Bonchev–Trinajstić information content (AvgIpc) is 3.04. The summed E-state index contributed by atoms with van der Waals surface area (Å²) in [7, 11) is 0. The van der Waals surface area contributed by atoms with Gasteiger partial charge in [-0.05, 0) is 44.1 Å². The van der Waals surface area contributed by atoms with Crippen LogP contribution in [-0.4, -0.2) is 57.0 Å². The minimum atomic E-state index is -1.12. The van der Waals surface area contributed by atoms with E-state index < -0.39 is 36.1 Å². The lowest BCUT2D eigenvalue weighted by Crippen LogP contribution is -2.50. The highest BCUT2D eigenvalue weighted by atomic mass is 19.1. The van der Waals surface area contributed by atoms with Crippen molar-refractivity contribution in [2.45, 2.75) is 50.0 Å². The van der Waals surface area contributed by atoms with E-state index in [1.165, 1.54) is 41.1 Å². The first-order valence-corrected chi connectivity index (χ1v) is 10.2. The minimum Gasteiger partial charge on any atom is -0.487 e. The van der Waals surface area contributed by atoms with E-state index in [2.05, 4.69) is 4.90 Å². The van der Waals surface area contributed by atoms with Crippen LogP contribution in [0.25, 0.3) is 0 Å². The molecule has 0 amide bonds. The highest BCUT2D eigenvalue weighted by Gasteiger charge is 2.48. The van der Waals surface area contributed by atoms with Gasteiger partial charge in [0.05, 0.1) is 17.6 Å². The molecule has 0 bridgehead atoms. The maximum atomic E-state index is 13.6. The number of likely N-dealkylation sites (tertiary alicyclic amines) is 1. The lowest BCUT2D eigenvalue weighted by molar-refractivity contribution is -0.000993. The molecule has 1 aliphatic carbocycles. The van der Waals surface area contributed by atoms with Crippen molar-refractivity contribution in [1.29, 1.82) is 0 Å². The molecule has 0 unspecified atom stereocenters. The van der Waals surface area contributed by atoms with Crippen molar-refractivity contribution < 1.29 is 24.1 Å². The first kappa shape index (κ1) is 20.6. The standard InChI is InChI=1S/C22H25FN2O5/c23-15-5-4-6-16(11-15)30-18-12-17(20(21(18)27)24-9-2-1-3-10-24)25-13-14(22(28)29)7-8-19(25)26/h4-8,11,13,17-18,20-21,27H,1-3,9-10,12H2,(H,28,29)/t17-,18-,20+,21+/m1/s1. The molecule has 1 saturated carbocycles. The van der Waals surface area contributed by atoms with Crippen LogP contribution in [0.3, 0.4) is 0 Å². The van der Waals surface area contributed by atoms with Crippen LogP contribution in [0, 0.1) is 5.82 Å². The third kappa shape index (κ3) is 4.11. The number of piperidine rings is 1. The number of aromatic carboxylic acids is 1. The Morgan fingerprint density at radius 3 is 2.60 bits per heavy atom.